The first-order valence-corrected chi connectivity index (χ1v) is 32.3. The van der Waals surface area contributed by atoms with E-state index < -0.39 is 294 Å². The van der Waals surface area contributed by atoms with Crippen LogP contribution in [0.3, 0.4) is 0 Å². The Morgan fingerprint density at radius 2 is 0.163 bits per heavy atom. The van der Waals surface area contributed by atoms with Crippen LogP contribution in [-0.4, -0.2) is 249 Å². The van der Waals surface area contributed by atoms with Crippen molar-refractivity contribution in [2.75, 3.05) is 0 Å². The van der Waals surface area contributed by atoms with E-state index >= 15 is 0 Å². The summed E-state index contributed by atoms with van der Waals surface area (Å²) in [6.07, 6.45) is -14.6. The van der Waals surface area contributed by atoms with Gasteiger partial charge in [0.2, 0.25) is 0 Å². The largest absolute Gasteiger partial charge is 1.00 e. The molecule has 0 aromatic rings. The Balaban J connectivity index is -0.000000116. The predicted octanol–water partition coefficient (Wildman–Crippen LogP) is -4.71. The molecule has 0 fully saturated rings. The number of halogens is 70. The SMILES string of the molecule is CCC(F)(F)C(F)(F)C(F)(F)C(F)(F)C(F)(F)C(=O)[O-].CCC(F)(F)C(F)(F)C(F)(F)C(F)(F)C(F)(F)C(=O)[O-].CCC(F)(F)C(F)(F)C(F)(F)C(F)(F)C(F)(F)C(=O)[O-].CCC(F)(F)C(F)(F)C(F)(F)C(F)(F)C(F)(F)C(=O)[O-].CCC(F)(F)C(F)(F)C(F)(F)C(F)(F)C(F)(F)C(=O)[O-].CCC(F)(F)C(F)(F)C(F)(F)C(F)(F)C(F)(F)C(=O)[O-].CCC(F)(F)C(F)(F)C(F)(F)C(F)(F)C(F)(F)C(=O)[O-].[Na+].[Na+].[Na+].[Na+].[Na+].[Na+].[Na+]. The fourth-order valence-electron chi connectivity index (χ4n) is 6.82. The zero-order valence-corrected chi connectivity index (χ0v) is 86.1. The van der Waals surface area contributed by atoms with Gasteiger partial charge in [0.05, 0.1) is 0 Å². The van der Waals surface area contributed by atoms with Crippen molar-refractivity contribution in [1.29, 1.82) is 0 Å². The number of carboxylic acid groups (broad SMARTS) is 7. The molecule has 147 heavy (non-hydrogen) atoms. The Morgan fingerprint density at radius 1 is 0.116 bits per heavy atom. The molecule has 0 aromatic carbocycles. The maximum absolute atomic E-state index is 12.8. The third kappa shape index (κ3) is 29.8. The topological polar surface area (TPSA) is 281 Å². The van der Waals surface area contributed by atoms with E-state index in [1.807, 2.05) is 0 Å². The van der Waals surface area contributed by atoms with Gasteiger partial charge in [-0.1, -0.05) is 48.5 Å². The Morgan fingerprint density at radius 3 is 0.197 bits per heavy atom. The Bertz CT molecular complexity index is 3490. The molecule has 0 aromatic heterocycles. The van der Waals surface area contributed by atoms with E-state index in [-0.39, 0.29) is 255 Å². The van der Waals surface area contributed by atoms with Crippen LogP contribution in [0.5, 0.6) is 0 Å². The van der Waals surface area contributed by atoms with Gasteiger partial charge in [0, 0.05) is 44.9 Å². The number of hydrogen-bond acceptors (Lipinski definition) is 14. The molecule has 0 aliphatic heterocycles. The number of rotatable bonds is 42. The molecule has 0 rings (SSSR count). The molecule has 0 bridgehead atoms. The van der Waals surface area contributed by atoms with Gasteiger partial charge in [0.15, 0.2) is 0 Å². The van der Waals surface area contributed by atoms with Crippen LogP contribution in [0, 0.1) is 0 Å². The van der Waals surface area contributed by atoms with Gasteiger partial charge in [-0.3, -0.25) is 0 Å². The Hall–Kier alpha value is -1.61. The second-order valence-corrected chi connectivity index (χ2v) is 25.5. The van der Waals surface area contributed by atoms with Crippen LogP contribution >= 0.6 is 0 Å². The molecule has 0 amide bonds. The first-order chi connectivity index (χ1) is 59.5. The molecule has 14 nitrogen and oxygen atoms in total. The van der Waals surface area contributed by atoms with Crippen molar-refractivity contribution in [2.24, 2.45) is 0 Å². The molecule has 0 atom stereocenters. The summed E-state index contributed by atoms with van der Waals surface area (Å²) in [7, 11) is 0. The van der Waals surface area contributed by atoms with Crippen molar-refractivity contribution in [3.8, 4) is 0 Å². The fraction of sp³-hybridized carbons (Fsp3) is 0.875. The van der Waals surface area contributed by atoms with Gasteiger partial charge in [-0.2, -0.15) is 307 Å². The molecular weight excluding hydrogens is 2390 g/mol. The second kappa shape index (κ2) is 53.1. The van der Waals surface area contributed by atoms with Gasteiger partial charge in [0.1, 0.15) is 41.8 Å². The number of aliphatic carboxylic acids is 7. The monoisotopic (exact) mass is 2420 g/mol. The van der Waals surface area contributed by atoms with Crippen LogP contribution in [0.2, 0.25) is 0 Å². The number of carboxylic acids is 7. The fourth-order valence-corrected chi connectivity index (χ4v) is 6.82. The van der Waals surface area contributed by atoms with Crippen molar-refractivity contribution in [1.82, 2.24) is 0 Å². The van der Waals surface area contributed by atoms with E-state index in [9.17, 15) is 377 Å². The van der Waals surface area contributed by atoms with Crippen molar-refractivity contribution in [3.63, 3.8) is 0 Å². The molecule has 0 aliphatic carbocycles. The normalized spacial score (nSPS) is 14.6. The molecule has 0 saturated carbocycles. The molecule has 0 saturated heterocycles. The molecular formula is C56H35F70Na7O14. The summed E-state index contributed by atoms with van der Waals surface area (Å²) in [5, 5.41) is 67.6. The first-order valence-electron chi connectivity index (χ1n) is 32.3. The molecule has 840 valence electrons. The summed E-state index contributed by atoms with van der Waals surface area (Å²) in [6.45, 7) is 1.45. The zero-order valence-electron chi connectivity index (χ0n) is 72.1. The van der Waals surface area contributed by atoms with Crippen LogP contribution in [0.4, 0.5) is 307 Å². The standard InChI is InChI=1S/7C8H6F10O2.7Na/c7*1-2-4(9,10)6(13,14)8(17,18)7(15,16)5(11,12)3(19)20;;;;;;;/h7*2H2,1H3,(H,19,20);;;;;;;/q;;;;;;;7*+1/p-7. The third-order valence-corrected chi connectivity index (χ3v) is 16.4. The summed E-state index contributed by atoms with van der Waals surface area (Å²) in [4.78, 5) is 67.6. The molecule has 0 unspecified atom stereocenters. The van der Waals surface area contributed by atoms with Crippen molar-refractivity contribution >= 4 is 41.8 Å². The minimum absolute atomic E-state index is 0. The number of carbonyl (C=O) groups excluding carboxylic acids is 7. The van der Waals surface area contributed by atoms with E-state index in [1.165, 1.54) is 0 Å². The minimum Gasteiger partial charge on any atom is -0.544 e. The van der Waals surface area contributed by atoms with Gasteiger partial charge in [-0.15, -0.1) is 0 Å². The van der Waals surface area contributed by atoms with E-state index in [4.69, 9.17) is 0 Å². The van der Waals surface area contributed by atoms with Crippen molar-refractivity contribution < 1.29 is 584 Å². The van der Waals surface area contributed by atoms with E-state index in [2.05, 4.69) is 0 Å². The summed E-state index contributed by atoms with van der Waals surface area (Å²) in [6, 6.07) is 0. The molecule has 91 heteroatoms. The summed E-state index contributed by atoms with van der Waals surface area (Å²) >= 11 is 0. The quantitative estimate of drug-likeness (QED) is 0.0411. The number of carbonyl (C=O) groups is 7. The molecule has 0 aliphatic rings. The van der Waals surface area contributed by atoms with Crippen LogP contribution < -0.4 is 243 Å². The maximum Gasteiger partial charge on any atom is 1.00 e. The smallest absolute Gasteiger partial charge is 0.544 e. The van der Waals surface area contributed by atoms with Crippen LogP contribution in [0.15, 0.2) is 0 Å². The first kappa shape index (κ1) is 176. The number of alkyl halides is 70. The summed E-state index contributed by atoms with van der Waals surface area (Å²) in [5.74, 6) is -268. The van der Waals surface area contributed by atoms with Crippen LogP contribution in [-0.2, 0) is 33.6 Å². The molecule has 0 radical (unpaired) electrons. The van der Waals surface area contributed by atoms with Crippen LogP contribution in [0.1, 0.15) is 93.4 Å². The molecule has 0 spiro atoms. The van der Waals surface area contributed by atoms with Gasteiger partial charge >= 0.3 is 414 Å². The van der Waals surface area contributed by atoms with E-state index in [1.54, 1.807) is 0 Å². The molecule has 0 N–H and O–H groups in total. The minimum atomic E-state index is -7.34. The maximum atomic E-state index is 12.8. The van der Waals surface area contributed by atoms with Gasteiger partial charge in [-0.25, -0.2) is 0 Å². The van der Waals surface area contributed by atoms with Crippen molar-refractivity contribution in [2.45, 2.75) is 301 Å². The Kier molecular flexibility index (Phi) is 63.5. The summed E-state index contributed by atoms with van der Waals surface area (Å²) < 4.78 is 884. The van der Waals surface area contributed by atoms with E-state index in [0.29, 0.717) is 0 Å². The average molecular weight is 2420 g/mol. The number of hydrogen-bond donors (Lipinski definition) is 0. The third-order valence-electron chi connectivity index (χ3n) is 16.4. The average Bonchev–Trinajstić information content (AvgIpc) is 0.749. The molecule has 0 heterocycles. The Labute approximate surface area is 918 Å². The van der Waals surface area contributed by atoms with Gasteiger partial charge < -0.3 is 69.3 Å². The summed E-state index contributed by atoms with van der Waals surface area (Å²) in [5.41, 5.74) is 0. The van der Waals surface area contributed by atoms with Crippen LogP contribution in [0.25, 0.3) is 0 Å². The van der Waals surface area contributed by atoms with Gasteiger partial charge in [0.25, 0.3) is 0 Å². The second-order valence-electron chi connectivity index (χ2n) is 25.5. The van der Waals surface area contributed by atoms with Gasteiger partial charge in [-0.05, 0) is 0 Å². The predicted molar refractivity (Wildman–Crippen MR) is 280 cm³/mol. The van der Waals surface area contributed by atoms with E-state index in [0.717, 1.165) is 0 Å². The van der Waals surface area contributed by atoms with Crippen molar-refractivity contribution in [3.05, 3.63) is 0 Å². The zero-order chi connectivity index (χ0) is 117.